The van der Waals surface area contributed by atoms with Crippen LogP contribution in [-0.2, 0) is 30.9 Å². The molecule has 1 radical (unpaired) electrons. The van der Waals surface area contributed by atoms with Crippen LogP contribution in [0.1, 0.15) is 49.9 Å². The predicted molar refractivity (Wildman–Crippen MR) is 146 cm³/mol. The summed E-state index contributed by atoms with van der Waals surface area (Å²) < 4.78 is 0. The molecule has 0 aliphatic heterocycles. The Labute approximate surface area is 233 Å². The van der Waals surface area contributed by atoms with Crippen molar-refractivity contribution in [3.8, 4) is 22.6 Å². The van der Waals surface area contributed by atoms with Crippen molar-refractivity contribution >= 4 is 0 Å². The van der Waals surface area contributed by atoms with E-state index in [1.54, 1.807) is 12.4 Å². The van der Waals surface area contributed by atoms with Crippen molar-refractivity contribution in [1.82, 2.24) is 15.0 Å². The zero-order valence-corrected chi connectivity index (χ0v) is 23.9. The molecule has 0 spiro atoms. The van der Waals surface area contributed by atoms with Crippen molar-refractivity contribution in [2.45, 2.75) is 38.5 Å². The molecule has 1 aliphatic carbocycles. The van der Waals surface area contributed by atoms with Crippen LogP contribution < -0.4 is 0 Å². The number of benzene rings is 2. The van der Waals surface area contributed by atoms with Crippen LogP contribution in [0, 0.1) is 12.1 Å². The van der Waals surface area contributed by atoms with E-state index in [1.807, 2.05) is 48.7 Å². The number of fused-ring (bicyclic) bond motifs is 2. The molecule has 4 heteroatoms. The maximum absolute atomic E-state index is 4.60. The molecule has 0 atom stereocenters. The van der Waals surface area contributed by atoms with Crippen molar-refractivity contribution in [3.63, 3.8) is 0 Å². The van der Waals surface area contributed by atoms with Gasteiger partial charge in [0.05, 0.1) is 0 Å². The van der Waals surface area contributed by atoms with Gasteiger partial charge in [-0.1, -0.05) is 76.2 Å². The van der Waals surface area contributed by atoms with Crippen molar-refractivity contribution in [2.24, 2.45) is 0 Å². The minimum Gasteiger partial charge on any atom is -0.318 e. The van der Waals surface area contributed by atoms with Crippen LogP contribution in [0.2, 0.25) is 0 Å². The molecule has 0 amide bonds. The van der Waals surface area contributed by atoms with E-state index in [0.717, 1.165) is 22.6 Å². The Hall–Kier alpha value is -3.46. The van der Waals surface area contributed by atoms with E-state index in [2.05, 4.69) is 97.2 Å². The van der Waals surface area contributed by atoms with Crippen LogP contribution >= 0.6 is 0 Å². The molecule has 0 N–H and O–H groups in total. The van der Waals surface area contributed by atoms with Crippen molar-refractivity contribution in [1.29, 1.82) is 0 Å². The molecule has 0 bridgehead atoms. The number of rotatable bonds is 2. The molecule has 37 heavy (non-hydrogen) atoms. The number of hydrogen-bond acceptors (Lipinski definition) is 3. The molecule has 3 aromatic heterocycles. The van der Waals surface area contributed by atoms with Crippen LogP contribution in [0.4, 0.5) is 0 Å². The van der Waals surface area contributed by atoms with Crippen molar-refractivity contribution < 1.29 is 20.1 Å². The zero-order chi connectivity index (χ0) is 25.2. The Balaban J connectivity index is 0.000000208. The number of nitrogens with zero attached hydrogens (tertiary/aromatic N) is 3. The van der Waals surface area contributed by atoms with Crippen LogP contribution in [0.3, 0.4) is 0 Å². The maximum Gasteiger partial charge on any atom is 0.0160 e. The molecule has 5 aromatic rings. The van der Waals surface area contributed by atoms with E-state index in [0.29, 0.717) is 0 Å². The second-order valence-electron chi connectivity index (χ2n) is 10.00. The molecule has 187 valence electrons. The SMILES string of the molecule is CC1(C)c2ccccc2C(C)(C)c2c(-c3ccccn3)[c-]ccc21.[Ir].[c-]1cccnc1-c1ccccn1. The summed E-state index contributed by atoms with van der Waals surface area (Å²) in [5.74, 6) is 0. The molecule has 3 nitrogen and oxygen atoms in total. The normalized spacial score (nSPS) is 14.2. The van der Waals surface area contributed by atoms with Crippen LogP contribution in [0.5, 0.6) is 0 Å². The Morgan fingerprint density at radius 3 is 1.73 bits per heavy atom. The van der Waals surface area contributed by atoms with Gasteiger partial charge in [0.2, 0.25) is 0 Å². The van der Waals surface area contributed by atoms with Gasteiger partial charge in [0.25, 0.3) is 0 Å². The Kier molecular flexibility index (Phi) is 7.82. The largest absolute Gasteiger partial charge is 0.318 e. The van der Waals surface area contributed by atoms with E-state index in [-0.39, 0.29) is 30.9 Å². The van der Waals surface area contributed by atoms with E-state index in [1.165, 1.54) is 22.3 Å². The third-order valence-electron chi connectivity index (χ3n) is 7.00. The summed E-state index contributed by atoms with van der Waals surface area (Å²) in [5, 5.41) is 0. The van der Waals surface area contributed by atoms with Crippen LogP contribution in [0.25, 0.3) is 22.6 Å². The molecule has 2 aromatic carbocycles. The Morgan fingerprint density at radius 2 is 1.14 bits per heavy atom. The Bertz CT molecular complexity index is 1430. The summed E-state index contributed by atoms with van der Waals surface area (Å²) >= 11 is 0. The first kappa shape index (κ1) is 26.6. The molecule has 0 unspecified atom stereocenters. The first-order valence-corrected chi connectivity index (χ1v) is 12.2. The average molecular weight is 660 g/mol. The summed E-state index contributed by atoms with van der Waals surface area (Å²) in [7, 11) is 0. The number of aromatic nitrogens is 3. The average Bonchev–Trinajstić information content (AvgIpc) is 2.94. The molecule has 0 saturated carbocycles. The fraction of sp³-hybridized carbons (Fsp3) is 0.182. The molecule has 3 heterocycles. The van der Waals surface area contributed by atoms with E-state index in [4.69, 9.17) is 0 Å². The molecule has 1 aliphatic rings. The third-order valence-corrected chi connectivity index (χ3v) is 7.00. The van der Waals surface area contributed by atoms with Crippen LogP contribution in [-0.4, -0.2) is 15.0 Å². The van der Waals surface area contributed by atoms with Gasteiger partial charge in [0, 0.05) is 32.5 Å². The maximum atomic E-state index is 4.60. The quantitative estimate of drug-likeness (QED) is 0.185. The van der Waals surface area contributed by atoms with Gasteiger partial charge in [-0.3, -0.25) is 4.98 Å². The fourth-order valence-electron chi connectivity index (χ4n) is 5.20. The standard InChI is InChI=1S/C23H22N.C10H7N2.Ir/c1-22(2)17-11-5-6-12-18(17)23(3,4)21-16(10-9-13-19(21)22)20-14-7-8-15-24-20;1-3-7-11-9(5-1)10-6-2-4-8-12-10;/h5-9,11-15H,1-4H3;1-5,7-8H;/q2*-1;. The number of hydrogen-bond donors (Lipinski definition) is 0. The fourth-order valence-corrected chi connectivity index (χ4v) is 5.20. The topological polar surface area (TPSA) is 38.7 Å². The van der Waals surface area contributed by atoms with Gasteiger partial charge < -0.3 is 9.97 Å². The van der Waals surface area contributed by atoms with Crippen LogP contribution in [0.15, 0.2) is 104 Å². The minimum absolute atomic E-state index is 0. The van der Waals surface area contributed by atoms with E-state index in [9.17, 15) is 0 Å². The summed E-state index contributed by atoms with van der Waals surface area (Å²) in [4.78, 5) is 12.9. The first-order valence-electron chi connectivity index (χ1n) is 12.2. The summed E-state index contributed by atoms with van der Waals surface area (Å²) in [6.07, 6.45) is 5.34. The molecular weight excluding hydrogens is 631 g/mol. The second kappa shape index (κ2) is 10.9. The monoisotopic (exact) mass is 660 g/mol. The summed E-state index contributed by atoms with van der Waals surface area (Å²) in [6, 6.07) is 35.1. The Morgan fingerprint density at radius 1 is 0.541 bits per heavy atom. The molecule has 6 rings (SSSR count). The number of pyridine rings is 3. The predicted octanol–water partition coefficient (Wildman–Crippen LogP) is 7.46. The van der Waals surface area contributed by atoms with Gasteiger partial charge >= 0.3 is 0 Å². The van der Waals surface area contributed by atoms with Gasteiger partial charge in [-0.2, -0.15) is 12.1 Å². The van der Waals surface area contributed by atoms with Gasteiger partial charge in [-0.15, -0.1) is 41.0 Å². The summed E-state index contributed by atoms with van der Waals surface area (Å²) in [5.41, 5.74) is 9.22. The minimum atomic E-state index is -0.0773. The first-order chi connectivity index (χ1) is 17.4. The molecule has 0 saturated heterocycles. The zero-order valence-electron chi connectivity index (χ0n) is 21.5. The van der Waals surface area contributed by atoms with Gasteiger partial charge in [0.1, 0.15) is 0 Å². The summed E-state index contributed by atoms with van der Waals surface area (Å²) in [6.45, 7) is 9.28. The van der Waals surface area contributed by atoms with Crippen molar-refractivity contribution in [2.75, 3.05) is 0 Å². The van der Waals surface area contributed by atoms with Crippen molar-refractivity contribution in [3.05, 3.63) is 138 Å². The second-order valence-corrected chi connectivity index (χ2v) is 10.00. The van der Waals surface area contributed by atoms with E-state index < -0.39 is 0 Å². The third kappa shape index (κ3) is 5.05. The van der Waals surface area contributed by atoms with Gasteiger partial charge in [-0.05, 0) is 57.4 Å². The molecular formula is C33H29IrN3-2. The van der Waals surface area contributed by atoms with E-state index >= 15 is 0 Å². The van der Waals surface area contributed by atoms with Gasteiger partial charge in [0.15, 0.2) is 0 Å². The van der Waals surface area contributed by atoms with Gasteiger partial charge in [-0.25, -0.2) is 0 Å². The molecule has 0 fully saturated rings. The smallest absolute Gasteiger partial charge is 0.0160 e.